The maximum absolute atomic E-state index is 14.0. The standard InChI is InChI=1S/C30H38F2N4O5/c1-18(35(5)29(39)40-17-19-9-7-6-8-10-19)27(37)34-26(30(2,3)4)28(38)36-14-13-23-25(36)24(16-33-23)41-20-11-12-21(31)22(32)15-20/h6-12,15,18,23-26,33H,13-14,16-17H2,1-5H3,(H,34,37)/t18-,23+,24-,25-,26?/m0/s1. The van der Waals surface area contributed by atoms with E-state index < -0.39 is 47.2 Å². The summed E-state index contributed by atoms with van der Waals surface area (Å²) >= 11 is 0. The molecule has 41 heavy (non-hydrogen) atoms. The zero-order valence-electron chi connectivity index (χ0n) is 24.0. The molecule has 0 aliphatic carbocycles. The van der Waals surface area contributed by atoms with Crippen LogP contribution in [0.5, 0.6) is 5.75 Å². The number of rotatable bonds is 8. The molecule has 2 saturated heterocycles. The third-order valence-corrected chi connectivity index (χ3v) is 7.73. The van der Waals surface area contributed by atoms with Gasteiger partial charge < -0.3 is 25.0 Å². The van der Waals surface area contributed by atoms with Crippen molar-refractivity contribution in [2.24, 2.45) is 5.41 Å². The summed E-state index contributed by atoms with van der Waals surface area (Å²) in [6.07, 6.45) is -0.463. The Labute approximate surface area is 239 Å². The topological polar surface area (TPSA) is 100 Å². The number of hydrogen-bond acceptors (Lipinski definition) is 6. The summed E-state index contributed by atoms with van der Waals surface area (Å²) in [5, 5.41) is 6.22. The Morgan fingerprint density at radius 2 is 1.83 bits per heavy atom. The first-order valence-corrected chi connectivity index (χ1v) is 13.8. The number of fused-ring (bicyclic) bond motifs is 1. The van der Waals surface area contributed by atoms with Crippen LogP contribution < -0.4 is 15.4 Å². The number of nitrogens with zero attached hydrogens (tertiary/aromatic N) is 2. The van der Waals surface area contributed by atoms with Gasteiger partial charge in [-0.1, -0.05) is 51.1 Å². The van der Waals surface area contributed by atoms with Gasteiger partial charge in [0.05, 0.1) is 6.04 Å². The monoisotopic (exact) mass is 572 g/mol. The Balaban J connectivity index is 1.42. The number of ether oxygens (including phenoxy) is 2. The first kappa shape index (κ1) is 30.2. The van der Waals surface area contributed by atoms with Crippen LogP contribution in [0.25, 0.3) is 0 Å². The molecule has 2 aliphatic rings. The quantitative estimate of drug-likeness (QED) is 0.503. The zero-order valence-corrected chi connectivity index (χ0v) is 24.0. The molecular formula is C30H38F2N4O5. The number of likely N-dealkylation sites (N-methyl/N-ethyl adjacent to an activating group) is 1. The van der Waals surface area contributed by atoms with E-state index in [4.69, 9.17) is 9.47 Å². The molecular weight excluding hydrogens is 534 g/mol. The van der Waals surface area contributed by atoms with Crippen LogP contribution in [0.15, 0.2) is 48.5 Å². The number of benzene rings is 2. The van der Waals surface area contributed by atoms with Crippen molar-refractivity contribution in [3.8, 4) is 5.75 Å². The van der Waals surface area contributed by atoms with Crippen LogP contribution in [0.4, 0.5) is 13.6 Å². The lowest BCUT2D eigenvalue weighted by molar-refractivity contribution is -0.142. The van der Waals surface area contributed by atoms with Gasteiger partial charge in [-0.2, -0.15) is 0 Å². The maximum Gasteiger partial charge on any atom is 0.410 e. The van der Waals surface area contributed by atoms with Gasteiger partial charge >= 0.3 is 6.09 Å². The van der Waals surface area contributed by atoms with Crippen molar-refractivity contribution in [1.29, 1.82) is 0 Å². The van der Waals surface area contributed by atoms with E-state index in [9.17, 15) is 23.2 Å². The molecule has 3 amide bonds. The Bertz CT molecular complexity index is 1260. The van der Waals surface area contributed by atoms with Gasteiger partial charge in [0.25, 0.3) is 0 Å². The minimum atomic E-state index is -1.01. The summed E-state index contributed by atoms with van der Waals surface area (Å²) in [5.74, 6) is -2.57. The first-order valence-electron chi connectivity index (χ1n) is 13.8. The largest absolute Gasteiger partial charge is 0.487 e. The van der Waals surface area contributed by atoms with Crippen LogP contribution in [0.2, 0.25) is 0 Å². The molecule has 2 fully saturated rings. The lowest BCUT2D eigenvalue weighted by Crippen LogP contribution is -2.60. The summed E-state index contributed by atoms with van der Waals surface area (Å²) in [4.78, 5) is 42.8. The second-order valence-electron chi connectivity index (χ2n) is 11.7. The highest BCUT2D eigenvalue weighted by atomic mass is 19.2. The molecule has 1 unspecified atom stereocenters. The fraction of sp³-hybridized carbons (Fsp3) is 0.500. The average molecular weight is 573 g/mol. The molecule has 2 aromatic carbocycles. The van der Waals surface area contributed by atoms with Crippen molar-refractivity contribution in [3.63, 3.8) is 0 Å². The molecule has 0 aromatic heterocycles. The third kappa shape index (κ3) is 6.95. The van der Waals surface area contributed by atoms with Crippen LogP contribution in [0.1, 0.15) is 39.7 Å². The molecule has 11 heteroatoms. The summed E-state index contributed by atoms with van der Waals surface area (Å²) in [5.41, 5.74) is 0.168. The second-order valence-corrected chi connectivity index (χ2v) is 11.7. The van der Waals surface area contributed by atoms with E-state index in [-0.39, 0.29) is 30.3 Å². The zero-order chi connectivity index (χ0) is 29.9. The minimum Gasteiger partial charge on any atom is -0.487 e. The van der Waals surface area contributed by atoms with Crippen LogP contribution in [-0.2, 0) is 20.9 Å². The molecule has 2 N–H and O–H groups in total. The Morgan fingerprint density at radius 3 is 2.49 bits per heavy atom. The molecule has 222 valence electrons. The highest BCUT2D eigenvalue weighted by Crippen LogP contribution is 2.32. The molecule has 0 saturated carbocycles. The normalized spacial score (nSPS) is 21.5. The first-order chi connectivity index (χ1) is 19.4. The fourth-order valence-electron chi connectivity index (χ4n) is 5.21. The van der Waals surface area contributed by atoms with Gasteiger partial charge in [-0.05, 0) is 36.5 Å². The number of halogens is 2. The number of amides is 3. The molecule has 0 radical (unpaired) electrons. The van der Waals surface area contributed by atoms with E-state index in [0.29, 0.717) is 19.5 Å². The van der Waals surface area contributed by atoms with Gasteiger partial charge in [-0.25, -0.2) is 13.6 Å². The average Bonchev–Trinajstić information content (AvgIpc) is 3.54. The SMILES string of the molecule is C[C@@H](C(=O)NC(C(=O)N1CC[C@H]2NC[C@H](Oc3ccc(F)c(F)c3)[C@H]21)C(C)(C)C)N(C)C(=O)OCc1ccccc1. The van der Waals surface area contributed by atoms with Crippen LogP contribution in [0, 0.1) is 17.0 Å². The molecule has 2 heterocycles. The number of nitrogens with one attached hydrogen (secondary N) is 2. The predicted octanol–water partition coefficient (Wildman–Crippen LogP) is 3.47. The summed E-state index contributed by atoms with van der Waals surface area (Å²) in [6.45, 7) is 8.08. The summed E-state index contributed by atoms with van der Waals surface area (Å²) < 4.78 is 38.5. The van der Waals surface area contributed by atoms with Crippen molar-refractivity contribution < 1.29 is 32.6 Å². The van der Waals surface area contributed by atoms with E-state index in [1.165, 1.54) is 18.0 Å². The van der Waals surface area contributed by atoms with Crippen molar-refractivity contribution in [2.75, 3.05) is 20.1 Å². The number of likely N-dealkylation sites (tertiary alicyclic amines) is 1. The fourth-order valence-corrected chi connectivity index (χ4v) is 5.21. The number of hydrogen-bond donors (Lipinski definition) is 2. The van der Waals surface area contributed by atoms with Crippen molar-refractivity contribution in [1.82, 2.24) is 20.4 Å². The Morgan fingerprint density at radius 1 is 1.12 bits per heavy atom. The Kier molecular flexibility index (Phi) is 9.16. The third-order valence-electron chi connectivity index (χ3n) is 7.73. The van der Waals surface area contributed by atoms with E-state index in [2.05, 4.69) is 10.6 Å². The van der Waals surface area contributed by atoms with Gasteiger partial charge in [-0.15, -0.1) is 0 Å². The van der Waals surface area contributed by atoms with Gasteiger partial charge in [-0.3, -0.25) is 14.5 Å². The summed E-state index contributed by atoms with van der Waals surface area (Å²) in [7, 11) is 1.47. The molecule has 0 bridgehead atoms. The van der Waals surface area contributed by atoms with E-state index >= 15 is 0 Å². The smallest absolute Gasteiger partial charge is 0.410 e. The van der Waals surface area contributed by atoms with Gasteiger partial charge in [0, 0.05) is 32.2 Å². The molecule has 9 nitrogen and oxygen atoms in total. The maximum atomic E-state index is 14.0. The molecule has 5 atom stereocenters. The highest BCUT2D eigenvalue weighted by Gasteiger charge is 2.50. The Hall–Kier alpha value is -3.73. The second kappa shape index (κ2) is 12.4. The van der Waals surface area contributed by atoms with E-state index in [1.807, 2.05) is 51.1 Å². The predicted molar refractivity (Wildman–Crippen MR) is 148 cm³/mol. The van der Waals surface area contributed by atoms with Gasteiger partial charge in [0.1, 0.15) is 30.5 Å². The van der Waals surface area contributed by atoms with Crippen LogP contribution in [-0.4, -0.2) is 78.1 Å². The number of carbonyl (C=O) groups excluding carboxylic acids is 3. The molecule has 2 aromatic rings. The highest BCUT2D eigenvalue weighted by molar-refractivity contribution is 5.92. The molecule has 0 spiro atoms. The van der Waals surface area contributed by atoms with Gasteiger partial charge in [0.15, 0.2) is 11.6 Å². The number of carbonyl (C=O) groups is 3. The molecule has 2 aliphatic heterocycles. The van der Waals surface area contributed by atoms with Crippen molar-refractivity contribution >= 4 is 17.9 Å². The summed E-state index contributed by atoms with van der Waals surface area (Å²) in [6, 6.07) is 10.4. The minimum absolute atomic E-state index is 0.0324. The van der Waals surface area contributed by atoms with E-state index in [1.54, 1.807) is 11.8 Å². The van der Waals surface area contributed by atoms with E-state index in [0.717, 1.165) is 17.7 Å². The van der Waals surface area contributed by atoms with Crippen molar-refractivity contribution in [2.45, 2.75) is 71.0 Å². The van der Waals surface area contributed by atoms with Crippen LogP contribution in [0.3, 0.4) is 0 Å². The lowest BCUT2D eigenvalue weighted by Gasteiger charge is -2.37. The van der Waals surface area contributed by atoms with Crippen molar-refractivity contribution in [3.05, 3.63) is 65.7 Å². The van der Waals surface area contributed by atoms with Crippen LogP contribution >= 0.6 is 0 Å². The van der Waals surface area contributed by atoms with Gasteiger partial charge in [0.2, 0.25) is 11.8 Å². The molecule has 4 rings (SSSR count). The lowest BCUT2D eigenvalue weighted by atomic mass is 9.85.